The summed E-state index contributed by atoms with van der Waals surface area (Å²) in [6, 6.07) is 6.79. The van der Waals surface area contributed by atoms with E-state index in [0.717, 1.165) is 0 Å². The first-order valence-electron chi connectivity index (χ1n) is 4.65. The fourth-order valence-corrected chi connectivity index (χ4v) is 1.46. The van der Waals surface area contributed by atoms with Crippen molar-refractivity contribution < 1.29 is 14.4 Å². The highest BCUT2D eigenvalue weighted by Crippen LogP contribution is 2.25. The number of benzene rings is 1. The van der Waals surface area contributed by atoms with E-state index in [0.29, 0.717) is 22.7 Å². The molecule has 2 aromatic rings. The number of carboxylic acids is 1. The number of rotatable bonds is 2. The van der Waals surface area contributed by atoms with Gasteiger partial charge in [-0.25, -0.2) is 4.79 Å². The SMILES string of the molecule is Cc1onc(-c2ccc(N)cc2)c1C(=O)O. The monoisotopic (exact) mass is 218 g/mol. The Morgan fingerprint density at radius 2 is 2.00 bits per heavy atom. The van der Waals surface area contributed by atoms with Crippen molar-refractivity contribution in [2.24, 2.45) is 0 Å². The fraction of sp³-hybridized carbons (Fsp3) is 0.0909. The lowest BCUT2D eigenvalue weighted by Crippen LogP contribution is -1.99. The maximum atomic E-state index is 11.0. The van der Waals surface area contributed by atoms with Crippen LogP contribution in [0, 0.1) is 6.92 Å². The van der Waals surface area contributed by atoms with E-state index >= 15 is 0 Å². The van der Waals surface area contributed by atoms with Gasteiger partial charge >= 0.3 is 5.97 Å². The summed E-state index contributed by atoms with van der Waals surface area (Å²) in [5.41, 5.74) is 7.24. The van der Waals surface area contributed by atoms with E-state index in [2.05, 4.69) is 5.16 Å². The highest BCUT2D eigenvalue weighted by atomic mass is 16.5. The van der Waals surface area contributed by atoms with E-state index in [4.69, 9.17) is 15.4 Å². The number of nitrogens with zero attached hydrogens (tertiary/aromatic N) is 1. The van der Waals surface area contributed by atoms with Gasteiger partial charge in [-0.05, 0) is 19.1 Å². The molecule has 1 aromatic carbocycles. The Labute approximate surface area is 91.5 Å². The molecular formula is C11H10N2O3. The van der Waals surface area contributed by atoms with Gasteiger partial charge in [-0.3, -0.25) is 0 Å². The standard InChI is InChI=1S/C11H10N2O3/c1-6-9(11(14)15)10(13-16-6)7-2-4-8(12)5-3-7/h2-5H,12H2,1H3,(H,14,15). The van der Waals surface area contributed by atoms with E-state index in [1.54, 1.807) is 31.2 Å². The van der Waals surface area contributed by atoms with Gasteiger partial charge in [-0.15, -0.1) is 0 Å². The molecule has 2 rings (SSSR count). The van der Waals surface area contributed by atoms with Crippen molar-refractivity contribution in [3.63, 3.8) is 0 Å². The van der Waals surface area contributed by atoms with E-state index in [1.165, 1.54) is 0 Å². The minimum Gasteiger partial charge on any atom is -0.477 e. The molecule has 0 fully saturated rings. The van der Waals surface area contributed by atoms with Crippen LogP contribution in [0.4, 0.5) is 5.69 Å². The van der Waals surface area contributed by atoms with Crippen LogP contribution in [0.2, 0.25) is 0 Å². The van der Waals surface area contributed by atoms with Crippen LogP contribution in [0.1, 0.15) is 16.1 Å². The summed E-state index contributed by atoms with van der Waals surface area (Å²) >= 11 is 0. The fourth-order valence-electron chi connectivity index (χ4n) is 1.46. The van der Waals surface area contributed by atoms with Crippen molar-refractivity contribution >= 4 is 11.7 Å². The molecule has 0 atom stereocenters. The molecule has 1 aromatic heterocycles. The first-order chi connectivity index (χ1) is 7.59. The van der Waals surface area contributed by atoms with Gasteiger partial charge in [0.25, 0.3) is 0 Å². The van der Waals surface area contributed by atoms with Crippen molar-refractivity contribution in [1.29, 1.82) is 0 Å². The van der Waals surface area contributed by atoms with Gasteiger partial charge < -0.3 is 15.4 Å². The van der Waals surface area contributed by atoms with E-state index < -0.39 is 5.97 Å². The second kappa shape index (κ2) is 3.69. The number of aryl methyl sites for hydroxylation is 1. The van der Waals surface area contributed by atoms with Gasteiger partial charge in [0.1, 0.15) is 17.0 Å². The average molecular weight is 218 g/mol. The van der Waals surface area contributed by atoms with Crippen molar-refractivity contribution in [1.82, 2.24) is 5.16 Å². The molecule has 0 aliphatic heterocycles. The molecule has 1 heterocycles. The van der Waals surface area contributed by atoms with Gasteiger partial charge in [0.15, 0.2) is 0 Å². The van der Waals surface area contributed by atoms with Crippen LogP contribution in [0.5, 0.6) is 0 Å². The number of aromatic carboxylic acids is 1. The molecule has 0 saturated carbocycles. The van der Waals surface area contributed by atoms with Crippen molar-refractivity contribution in [2.75, 3.05) is 5.73 Å². The summed E-state index contributed by atoms with van der Waals surface area (Å²) in [6.07, 6.45) is 0. The lowest BCUT2D eigenvalue weighted by molar-refractivity contribution is 0.0696. The molecule has 5 nitrogen and oxygen atoms in total. The number of carbonyl (C=O) groups is 1. The molecule has 16 heavy (non-hydrogen) atoms. The Kier molecular flexibility index (Phi) is 2.36. The second-order valence-corrected chi connectivity index (χ2v) is 3.39. The third kappa shape index (κ3) is 1.63. The normalized spacial score (nSPS) is 10.3. The van der Waals surface area contributed by atoms with Gasteiger partial charge in [-0.1, -0.05) is 17.3 Å². The Bertz CT molecular complexity index is 529. The number of nitrogens with two attached hydrogens (primary N) is 1. The molecule has 82 valence electrons. The third-order valence-electron chi connectivity index (χ3n) is 2.26. The van der Waals surface area contributed by atoms with Gasteiger partial charge in [-0.2, -0.15) is 0 Å². The smallest absolute Gasteiger partial charge is 0.341 e. The Balaban J connectivity index is 2.56. The Morgan fingerprint density at radius 3 is 2.56 bits per heavy atom. The lowest BCUT2D eigenvalue weighted by Gasteiger charge is -1.98. The molecule has 0 aliphatic rings. The quantitative estimate of drug-likeness (QED) is 0.751. The zero-order chi connectivity index (χ0) is 11.7. The van der Waals surface area contributed by atoms with Crippen LogP contribution >= 0.6 is 0 Å². The zero-order valence-electron chi connectivity index (χ0n) is 8.60. The Morgan fingerprint density at radius 1 is 1.38 bits per heavy atom. The van der Waals surface area contributed by atoms with E-state index in [-0.39, 0.29) is 5.56 Å². The van der Waals surface area contributed by atoms with Crippen LogP contribution in [-0.2, 0) is 0 Å². The van der Waals surface area contributed by atoms with Crippen molar-refractivity contribution in [2.45, 2.75) is 6.92 Å². The predicted octanol–water partition coefficient (Wildman–Crippen LogP) is 1.93. The number of hydrogen-bond donors (Lipinski definition) is 2. The number of nitrogen functional groups attached to an aromatic ring is 1. The van der Waals surface area contributed by atoms with Crippen LogP contribution < -0.4 is 5.73 Å². The van der Waals surface area contributed by atoms with Crippen LogP contribution in [-0.4, -0.2) is 16.2 Å². The third-order valence-corrected chi connectivity index (χ3v) is 2.26. The summed E-state index contributed by atoms with van der Waals surface area (Å²) < 4.78 is 4.88. The average Bonchev–Trinajstić information content (AvgIpc) is 2.61. The molecule has 0 bridgehead atoms. The lowest BCUT2D eigenvalue weighted by atomic mass is 10.1. The van der Waals surface area contributed by atoms with Crippen molar-refractivity contribution in [3.05, 3.63) is 35.6 Å². The topological polar surface area (TPSA) is 89.4 Å². The first kappa shape index (κ1) is 10.2. The largest absolute Gasteiger partial charge is 0.477 e. The molecule has 0 amide bonds. The number of anilines is 1. The highest BCUT2D eigenvalue weighted by molar-refractivity contribution is 5.95. The van der Waals surface area contributed by atoms with Crippen LogP contribution in [0.15, 0.2) is 28.8 Å². The summed E-state index contributed by atoms with van der Waals surface area (Å²) in [5, 5.41) is 12.8. The maximum Gasteiger partial charge on any atom is 0.341 e. The van der Waals surface area contributed by atoms with Crippen molar-refractivity contribution in [3.8, 4) is 11.3 Å². The predicted molar refractivity (Wildman–Crippen MR) is 58.0 cm³/mol. The molecule has 0 radical (unpaired) electrons. The highest BCUT2D eigenvalue weighted by Gasteiger charge is 2.20. The van der Waals surface area contributed by atoms with Crippen LogP contribution in [0.25, 0.3) is 11.3 Å². The first-order valence-corrected chi connectivity index (χ1v) is 4.65. The molecule has 3 N–H and O–H groups in total. The summed E-state index contributed by atoms with van der Waals surface area (Å²) in [5.74, 6) is -0.759. The number of carboxylic acid groups (broad SMARTS) is 1. The maximum absolute atomic E-state index is 11.0. The summed E-state index contributed by atoms with van der Waals surface area (Å²) in [7, 11) is 0. The molecule has 0 unspecified atom stereocenters. The molecule has 0 aliphatic carbocycles. The zero-order valence-corrected chi connectivity index (χ0v) is 8.60. The van der Waals surface area contributed by atoms with Gasteiger partial charge in [0.2, 0.25) is 0 Å². The molecule has 0 spiro atoms. The molecule has 0 saturated heterocycles. The van der Waals surface area contributed by atoms with Crippen LogP contribution in [0.3, 0.4) is 0 Å². The molecular weight excluding hydrogens is 208 g/mol. The number of aromatic nitrogens is 1. The second-order valence-electron chi connectivity index (χ2n) is 3.39. The summed E-state index contributed by atoms with van der Waals surface area (Å²) in [4.78, 5) is 11.0. The summed E-state index contributed by atoms with van der Waals surface area (Å²) in [6.45, 7) is 1.57. The van der Waals surface area contributed by atoms with Gasteiger partial charge in [0.05, 0.1) is 0 Å². The minimum absolute atomic E-state index is 0.0878. The van der Waals surface area contributed by atoms with E-state index in [1.807, 2.05) is 0 Å². The molecule has 5 heteroatoms. The van der Waals surface area contributed by atoms with E-state index in [9.17, 15) is 4.79 Å². The number of hydrogen-bond acceptors (Lipinski definition) is 4. The Hall–Kier alpha value is -2.30. The minimum atomic E-state index is -1.05. The van der Waals surface area contributed by atoms with Gasteiger partial charge in [0, 0.05) is 11.3 Å².